The van der Waals surface area contributed by atoms with Crippen molar-refractivity contribution in [2.24, 2.45) is 0 Å². The molecule has 1 fully saturated rings. The molecule has 2 aliphatic heterocycles. The quantitative estimate of drug-likeness (QED) is 0.512. The third-order valence-electron chi connectivity index (χ3n) is 5.67. The molecule has 0 spiro atoms. The van der Waals surface area contributed by atoms with Gasteiger partial charge >= 0.3 is 0 Å². The number of para-hydroxylation sites is 1. The van der Waals surface area contributed by atoms with Crippen molar-refractivity contribution in [3.05, 3.63) is 48.2 Å². The van der Waals surface area contributed by atoms with Gasteiger partial charge in [-0.25, -0.2) is 4.68 Å². The average molecular weight is 466 g/mol. The average Bonchev–Trinajstić information content (AvgIpc) is 3.49. The third-order valence-corrected chi connectivity index (χ3v) is 5.67. The van der Waals surface area contributed by atoms with Gasteiger partial charge in [0.15, 0.2) is 30.2 Å². The van der Waals surface area contributed by atoms with Crippen LogP contribution in [0.15, 0.2) is 47.1 Å². The number of nitrogens with one attached hydrogen (secondary N) is 3. The van der Waals surface area contributed by atoms with Crippen LogP contribution >= 0.6 is 0 Å². The summed E-state index contributed by atoms with van der Waals surface area (Å²) >= 11 is 0. The zero-order valence-corrected chi connectivity index (χ0v) is 19.3. The summed E-state index contributed by atoms with van der Waals surface area (Å²) in [5.41, 5.74) is 1.26. The fourth-order valence-electron chi connectivity index (χ4n) is 4.24. The first-order valence-corrected chi connectivity index (χ1v) is 11.2. The molecule has 2 unspecified atom stereocenters. The lowest BCUT2D eigenvalue weighted by atomic mass is 10.0. The maximum absolute atomic E-state index is 12.8. The molecule has 10 nitrogen and oxygen atoms in total. The standard InChI is InChI=1S/C24H27N5O5/c1-14-10-20(30)27-23(25-14)29-19(11-16(28-29)17-8-5-9-32-17)26-21(31)13-33-18-7-4-6-15-12-24(2,3)34-22(15)18/h4-9,11,14,23,25H,10,12-13H2,1-3H3,(H,26,31)(H,27,30). The van der Waals surface area contributed by atoms with Gasteiger partial charge in [-0.15, -0.1) is 0 Å². The van der Waals surface area contributed by atoms with Gasteiger partial charge in [0.05, 0.1) is 6.26 Å². The first kappa shape index (κ1) is 22.0. The van der Waals surface area contributed by atoms with E-state index in [-0.39, 0.29) is 30.1 Å². The smallest absolute Gasteiger partial charge is 0.263 e. The van der Waals surface area contributed by atoms with Crippen molar-refractivity contribution in [2.75, 3.05) is 11.9 Å². The molecule has 2 aromatic heterocycles. The highest BCUT2D eigenvalue weighted by atomic mass is 16.5. The molecular weight excluding hydrogens is 438 g/mol. The molecule has 0 saturated carbocycles. The Balaban J connectivity index is 1.33. The molecular formula is C24H27N5O5. The largest absolute Gasteiger partial charge is 0.483 e. The van der Waals surface area contributed by atoms with E-state index in [0.717, 1.165) is 12.0 Å². The molecule has 3 N–H and O–H groups in total. The number of nitrogens with zero attached hydrogens (tertiary/aromatic N) is 2. The fourth-order valence-corrected chi connectivity index (χ4v) is 4.24. The summed E-state index contributed by atoms with van der Waals surface area (Å²) in [6, 6.07) is 10.8. The molecule has 2 amide bonds. The second kappa shape index (κ2) is 8.53. The minimum absolute atomic E-state index is 0.0497. The number of ether oxygens (including phenoxy) is 2. The van der Waals surface area contributed by atoms with E-state index in [2.05, 4.69) is 21.0 Å². The molecule has 3 aromatic rings. The Morgan fingerprint density at radius 3 is 2.94 bits per heavy atom. The highest BCUT2D eigenvalue weighted by Crippen LogP contribution is 2.41. The van der Waals surface area contributed by atoms with Crippen LogP contribution < -0.4 is 25.4 Å². The molecule has 2 atom stereocenters. The van der Waals surface area contributed by atoms with Crippen molar-refractivity contribution in [3.63, 3.8) is 0 Å². The lowest BCUT2D eigenvalue weighted by Gasteiger charge is -2.30. The molecule has 0 aliphatic carbocycles. The van der Waals surface area contributed by atoms with Crippen LogP contribution in [0.2, 0.25) is 0 Å². The topological polar surface area (TPSA) is 120 Å². The SMILES string of the molecule is CC1CC(=O)NC(n2nc(-c3ccco3)cc2NC(=O)COc2cccc3c2OC(C)(C)C3)N1. The number of hydrogen-bond acceptors (Lipinski definition) is 7. The van der Waals surface area contributed by atoms with Gasteiger partial charge in [0.1, 0.15) is 17.1 Å². The number of aromatic nitrogens is 2. The lowest BCUT2D eigenvalue weighted by Crippen LogP contribution is -2.52. The van der Waals surface area contributed by atoms with E-state index in [9.17, 15) is 9.59 Å². The van der Waals surface area contributed by atoms with E-state index >= 15 is 0 Å². The third kappa shape index (κ3) is 4.49. The number of benzene rings is 1. The summed E-state index contributed by atoms with van der Waals surface area (Å²) < 4.78 is 18.8. The van der Waals surface area contributed by atoms with Crippen LogP contribution in [0.3, 0.4) is 0 Å². The van der Waals surface area contributed by atoms with E-state index in [0.29, 0.717) is 35.2 Å². The Labute approximate surface area is 196 Å². The molecule has 2 aliphatic rings. The van der Waals surface area contributed by atoms with E-state index < -0.39 is 6.29 Å². The summed E-state index contributed by atoms with van der Waals surface area (Å²) in [6.07, 6.45) is 2.06. The molecule has 10 heteroatoms. The molecule has 5 rings (SSSR count). The van der Waals surface area contributed by atoms with Crippen LogP contribution in [-0.4, -0.2) is 39.8 Å². The maximum Gasteiger partial charge on any atom is 0.263 e. The van der Waals surface area contributed by atoms with Crippen molar-refractivity contribution in [2.45, 2.75) is 51.5 Å². The van der Waals surface area contributed by atoms with Crippen molar-refractivity contribution in [1.29, 1.82) is 0 Å². The molecule has 34 heavy (non-hydrogen) atoms. The number of carbonyl (C=O) groups is 2. The van der Waals surface area contributed by atoms with Gasteiger partial charge in [-0.3, -0.25) is 14.9 Å². The van der Waals surface area contributed by atoms with E-state index in [1.807, 2.05) is 32.9 Å². The van der Waals surface area contributed by atoms with Crippen LogP contribution in [-0.2, 0) is 16.0 Å². The molecule has 0 bridgehead atoms. The Morgan fingerprint density at radius 2 is 2.18 bits per heavy atom. The first-order chi connectivity index (χ1) is 16.3. The number of furan rings is 1. The van der Waals surface area contributed by atoms with Crippen LogP contribution in [0.4, 0.5) is 5.82 Å². The van der Waals surface area contributed by atoms with Gasteiger partial charge in [-0.1, -0.05) is 12.1 Å². The normalized spacial score (nSPS) is 20.9. The summed E-state index contributed by atoms with van der Waals surface area (Å²) in [5, 5.41) is 13.5. The van der Waals surface area contributed by atoms with Crippen LogP contribution in [0, 0.1) is 0 Å². The van der Waals surface area contributed by atoms with E-state index in [4.69, 9.17) is 13.9 Å². The Kier molecular flexibility index (Phi) is 5.52. The van der Waals surface area contributed by atoms with Crippen LogP contribution in [0.5, 0.6) is 11.5 Å². The number of anilines is 1. The molecule has 1 saturated heterocycles. The van der Waals surface area contributed by atoms with Gasteiger partial charge in [0, 0.05) is 30.5 Å². The van der Waals surface area contributed by atoms with Crippen molar-refractivity contribution < 1.29 is 23.5 Å². The number of carbonyl (C=O) groups excluding carboxylic acids is 2. The van der Waals surface area contributed by atoms with Gasteiger partial charge in [-0.05, 0) is 39.0 Å². The molecule has 0 radical (unpaired) electrons. The van der Waals surface area contributed by atoms with Gasteiger partial charge < -0.3 is 24.5 Å². The van der Waals surface area contributed by atoms with Gasteiger partial charge in [0.2, 0.25) is 5.91 Å². The Bertz CT molecular complexity index is 1220. The molecule has 178 valence electrons. The number of rotatable bonds is 6. The predicted octanol–water partition coefficient (Wildman–Crippen LogP) is 2.83. The van der Waals surface area contributed by atoms with Crippen LogP contribution in [0.1, 0.15) is 39.0 Å². The number of fused-ring (bicyclic) bond motifs is 1. The van der Waals surface area contributed by atoms with Gasteiger partial charge in [-0.2, -0.15) is 5.10 Å². The minimum Gasteiger partial charge on any atom is -0.483 e. The summed E-state index contributed by atoms with van der Waals surface area (Å²) in [4.78, 5) is 24.9. The van der Waals surface area contributed by atoms with Crippen molar-refractivity contribution in [3.8, 4) is 23.0 Å². The second-order valence-electron chi connectivity index (χ2n) is 9.20. The van der Waals surface area contributed by atoms with E-state index in [1.54, 1.807) is 30.5 Å². The van der Waals surface area contributed by atoms with E-state index in [1.165, 1.54) is 4.68 Å². The summed E-state index contributed by atoms with van der Waals surface area (Å²) in [5.74, 6) is 1.65. The zero-order chi connectivity index (χ0) is 23.9. The summed E-state index contributed by atoms with van der Waals surface area (Å²) in [6.45, 7) is 5.72. The second-order valence-corrected chi connectivity index (χ2v) is 9.20. The number of hydrogen-bond donors (Lipinski definition) is 3. The fraction of sp³-hybridized carbons (Fsp3) is 0.375. The minimum atomic E-state index is -0.621. The monoisotopic (exact) mass is 465 g/mol. The Hall–Kier alpha value is -3.79. The molecule has 1 aromatic carbocycles. The predicted molar refractivity (Wildman–Crippen MR) is 123 cm³/mol. The Morgan fingerprint density at radius 1 is 1.32 bits per heavy atom. The van der Waals surface area contributed by atoms with Crippen LogP contribution in [0.25, 0.3) is 11.5 Å². The van der Waals surface area contributed by atoms with Crippen molar-refractivity contribution >= 4 is 17.6 Å². The lowest BCUT2D eigenvalue weighted by molar-refractivity contribution is -0.125. The zero-order valence-electron chi connectivity index (χ0n) is 19.3. The number of amides is 2. The highest BCUT2D eigenvalue weighted by Gasteiger charge is 2.32. The summed E-state index contributed by atoms with van der Waals surface area (Å²) in [7, 11) is 0. The highest BCUT2D eigenvalue weighted by molar-refractivity contribution is 5.91. The molecule has 4 heterocycles. The van der Waals surface area contributed by atoms with Crippen molar-refractivity contribution in [1.82, 2.24) is 20.4 Å². The van der Waals surface area contributed by atoms with Gasteiger partial charge in [0.25, 0.3) is 5.91 Å². The first-order valence-electron chi connectivity index (χ1n) is 11.2. The maximum atomic E-state index is 12.8.